The standard InChI is InChI=1S/C12H19N7/c13-11-10-12(16-8-15-11)19(9-17-10)5-1-4-18-6-2-14-3-7-18/h8-9,14H,1-7H2,(H2,13,15,16). The molecule has 1 fully saturated rings. The third-order valence-electron chi connectivity index (χ3n) is 3.51. The summed E-state index contributed by atoms with van der Waals surface area (Å²) < 4.78 is 2.05. The van der Waals surface area contributed by atoms with Gasteiger partial charge in [0.25, 0.3) is 0 Å². The van der Waals surface area contributed by atoms with Crippen molar-refractivity contribution in [3.05, 3.63) is 12.7 Å². The minimum atomic E-state index is 0.450. The Morgan fingerprint density at radius 3 is 2.84 bits per heavy atom. The maximum atomic E-state index is 5.77. The molecule has 0 spiro atoms. The Morgan fingerprint density at radius 2 is 2.00 bits per heavy atom. The zero-order valence-electron chi connectivity index (χ0n) is 10.9. The highest BCUT2D eigenvalue weighted by Crippen LogP contribution is 2.14. The summed E-state index contributed by atoms with van der Waals surface area (Å²) in [6.07, 6.45) is 4.38. The summed E-state index contributed by atoms with van der Waals surface area (Å²) >= 11 is 0. The van der Waals surface area contributed by atoms with Gasteiger partial charge in [-0.2, -0.15) is 0 Å². The van der Waals surface area contributed by atoms with Crippen molar-refractivity contribution in [2.75, 3.05) is 38.5 Å². The first-order valence-corrected chi connectivity index (χ1v) is 6.69. The molecule has 0 aliphatic carbocycles. The zero-order valence-corrected chi connectivity index (χ0v) is 10.9. The maximum absolute atomic E-state index is 5.77. The van der Waals surface area contributed by atoms with Gasteiger partial charge in [-0.25, -0.2) is 15.0 Å². The normalized spacial score (nSPS) is 17.1. The highest BCUT2D eigenvalue weighted by atomic mass is 15.2. The summed E-state index contributed by atoms with van der Waals surface area (Å²) in [4.78, 5) is 15.0. The van der Waals surface area contributed by atoms with Crippen LogP contribution in [-0.4, -0.2) is 57.1 Å². The highest BCUT2D eigenvalue weighted by Gasteiger charge is 2.10. The van der Waals surface area contributed by atoms with Crippen molar-refractivity contribution < 1.29 is 0 Å². The molecule has 1 aliphatic rings. The van der Waals surface area contributed by atoms with E-state index in [4.69, 9.17) is 5.73 Å². The molecule has 3 N–H and O–H groups in total. The Balaban J connectivity index is 1.60. The van der Waals surface area contributed by atoms with Crippen LogP contribution in [0.2, 0.25) is 0 Å². The lowest BCUT2D eigenvalue weighted by molar-refractivity contribution is 0.235. The monoisotopic (exact) mass is 261 g/mol. The van der Waals surface area contributed by atoms with E-state index in [0.29, 0.717) is 11.3 Å². The van der Waals surface area contributed by atoms with Crippen LogP contribution in [0, 0.1) is 0 Å². The minimum absolute atomic E-state index is 0.450. The van der Waals surface area contributed by atoms with Gasteiger partial charge in [0.1, 0.15) is 11.8 Å². The first-order valence-electron chi connectivity index (χ1n) is 6.69. The van der Waals surface area contributed by atoms with Gasteiger partial charge in [0.05, 0.1) is 6.33 Å². The fourth-order valence-corrected chi connectivity index (χ4v) is 2.46. The van der Waals surface area contributed by atoms with E-state index < -0.39 is 0 Å². The molecule has 1 saturated heterocycles. The van der Waals surface area contributed by atoms with Crippen LogP contribution in [0.4, 0.5) is 5.82 Å². The van der Waals surface area contributed by atoms with Gasteiger partial charge < -0.3 is 20.5 Å². The molecular weight excluding hydrogens is 242 g/mol. The molecule has 1 aliphatic heterocycles. The fraction of sp³-hybridized carbons (Fsp3) is 0.583. The van der Waals surface area contributed by atoms with Gasteiger partial charge in [-0.15, -0.1) is 0 Å². The molecule has 0 bridgehead atoms. The second kappa shape index (κ2) is 5.50. The van der Waals surface area contributed by atoms with Gasteiger partial charge in [0.2, 0.25) is 0 Å². The highest BCUT2D eigenvalue weighted by molar-refractivity contribution is 5.80. The third kappa shape index (κ3) is 2.66. The number of piperazine rings is 1. The summed E-state index contributed by atoms with van der Waals surface area (Å²) in [6, 6.07) is 0. The van der Waals surface area contributed by atoms with Crippen LogP contribution in [0.25, 0.3) is 11.2 Å². The van der Waals surface area contributed by atoms with Crippen LogP contribution in [0.1, 0.15) is 6.42 Å². The second-order valence-electron chi connectivity index (χ2n) is 4.81. The molecule has 2 aromatic heterocycles. The predicted molar refractivity (Wildman–Crippen MR) is 73.7 cm³/mol. The molecule has 0 atom stereocenters. The van der Waals surface area contributed by atoms with Gasteiger partial charge in [-0.3, -0.25) is 0 Å². The summed E-state index contributed by atoms with van der Waals surface area (Å²) in [5.41, 5.74) is 7.30. The molecule has 19 heavy (non-hydrogen) atoms. The van der Waals surface area contributed by atoms with Gasteiger partial charge >= 0.3 is 0 Å². The lowest BCUT2D eigenvalue weighted by Gasteiger charge is -2.27. The van der Waals surface area contributed by atoms with Crippen molar-refractivity contribution >= 4 is 17.0 Å². The van der Waals surface area contributed by atoms with Crippen molar-refractivity contribution in [3.63, 3.8) is 0 Å². The number of imidazole rings is 1. The van der Waals surface area contributed by atoms with E-state index in [1.54, 1.807) is 6.33 Å². The Kier molecular flexibility index (Phi) is 3.56. The average molecular weight is 261 g/mol. The van der Waals surface area contributed by atoms with E-state index in [1.807, 2.05) is 0 Å². The van der Waals surface area contributed by atoms with E-state index in [2.05, 4.69) is 29.7 Å². The summed E-state index contributed by atoms with van der Waals surface area (Å²) in [5.74, 6) is 0.450. The van der Waals surface area contributed by atoms with Crippen molar-refractivity contribution in [1.82, 2.24) is 29.7 Å². The van der Waals surface area contributed by atoms with Gasteiger partial charge in [-0.1, -0.05) is 0 Å². The number of aromatic nitrogens is 4. The molecule has 3 rings (SSSR count). The number of fused-ring (bicyclic) bond motifs is 1. The average Bonchev–Trinajstić information content (AvgIpc) is 2.85. The Bertz CT molecular complexity index is 544. The van der Waals surface area contributed by atoms with E-state index >= 15 is 0 Å². The van der Waals surface area contributed by atoms with Crippen LogP contribution in [0.5, 0.6) is 0 Å². The molecular formula is C12H19N7. The van der Waals surface area contributed by atoms with E-state index in [1.165, 1.54) is 6.33 Å². The zero-order chi connectivity index (χ0) is 13.1. The molecule has 7 nitrogen and oxygen atoms in total. The van der Waals surface area contributed by atoms with Crippen LogP contribution in [-0.2, 0) is 6.54 Å². The summed E-state index contributed by atoms with van der Waals surface area (Å²) in [7, 11) is 0. The molecule has 0 saturated carbocycles. The Morgan fingerprint density at radius 1 is 1.16 bits per heavy atom. The number of nitrogen functional groups attached to an aromatic ring is 1. The van der Waals surface area contributed by atoms with Crippen LogP contribution < -0.4 is 11.1 Å². The van der Waals surface area contributed by atoms with E-state index in [9.17, 15) is 0 Å². The smallest absolute Gasteiger partial charge is 0.165 e. The molecule has 0 aromatic carbocycles. The molecule has 0 radical (unpaired) electrons. The molecule has 102 valence electrons. The number of aryl methyl sites for hydroxylation is 1. The van der Waals surface area contributed by atoms with Crippen LogP contribution in [0.15, 0.2) is 12.7 Å². The first kappa shape index (κ1) is 12.3. The van der Waals surface area contributed by atoms with Crippen molar-refractivity contribution in [2.24, 2.45) is 0 Å². The maximum Gasteiger partial charge on any atom is 0.165 e. The van der Waals surface area contributed by atoms with Gasteiger partial charge in [0.15, 0.2) is 11.5 Å². The number of nitrogens with two attached hydrogens (primary N) is 1. The van der Waals surface area contributed by atoms with Crippen LogP contribution in [0.3, 0.4) is 0 Å². The lowest BCUT2D eigenvalue weighted by atomic mass is 10.3. The molecule has 0 amide bonds. The Hall–Kier alpha value is -1.73. The van der Waals surface area contributed by atoms with Crippen molar-refractivity contribution in [1.29, 1.82) is 0 Å². The van der Waals surface area contributed by atoms with Crippen molar-refractivity contribution in [3.8, 4) is 0 Å². The van der Waals surface area contributed by atoms with Crippen molar-refractivity contribution in [2.45, 2.75) is 13.0 Å². The molecule has 7 heteroatoms. The topological polar surface area (TPSA) is 84.9 Å². The molecule has 0 unspecified atom stereocenters. The van der Waals surface area contributed by atoms with Gasteiger partial charge in [0, 0.05) is 32.7 Å². The number of hydrogen-bond acceptors (Lipinski definition) is 6. The Labute approximate surface area is 111 Å². The first-order chi connectivity index (χ1) is 9.34. The fourth-order valence-electron chi connectivity index (χ4n) is 2.46. The number of nitrogens with one attached hydrogen (secondary N) is 1. The van der Waals surface area contributed by atoms with E-state index in [0.717, 1.165) is 51.3 Å². The number of nitrogens with zero attached hydrogens (tertiary/aromatic N) is 5. The quantitative estimate of drug-likeness (QED) is 0.786. The second-order valence-corrected chi connectivity index (χ2v) is 4.81. The largest absolute Gasteiger partial charge is 0.382 e. The lowest BCUT2D eigenvalue weighted by Crippen LogP contribution is -2.43. The third-order valence-corrected chi connectivity index (χ3v) is 3.51. The molecule has 2 aromatic rings. The summed E-state index contributed by atoms with van der Waals surface area (Å²) in [5, 5.41) is 3.36. The number of anilines is 1. The number of rotatable bonds is 4. The van der Waals surface area contributed by atoms with Crippen LogP contribution >= 0.6 is 0 Å². The van der Waals surface area contributed by atoms with E-state index in [-0.39, 0.29) is 0 Å². The summed E-state index contributed by atoms with van der Waals surface area (Å²) in [6.45, 7) is 6.49. The van der Waals surface area contributed by atoms with Gasteiger partial charge in [-0.05, 0) is 13.0 Å². The number of hydrogen-bond donors (Lipinski definition) is 2. The predicted octanol–water partition coefficient (Wildman–Crippen LogP) is -0.296. The molecule has 3 heterocycles. The SMILES string of the molecule is Nc1ncnc2c1ncn2CCCN1CCNCC1. The minimum Gasteiger partial charge on any atom is -0.382 e.